The lowest BCUT2D eigenvalue weighted by atomic mass is 9.99. The van der Waals surface area contributed by atoms with Gasteiger partial charge < -0.3 is 9.47 Å². The first-order valence-corrected chi connectivity index (χ1v) is 6.29. The average molecular weight is 294 g/mol. The molecule has 0 saturated heterocycles. The first kappa shape index (κ1) is 12.5. The second kappa shape index (κ2) is 3.54. The second-order valence-corrected chi connectivity index (χ2v) is 6.34. The van der Waals surface area contributed by atoms with E-state index in [0.717, 1.165) is 0 Å². The van der Waals surface area contributed by atoms with Gasteiger partial charge in [0.05, 0.1) is 10.8 Å². The third kappa shape index (κ3) is 1.12. The second-order valence-electron chi connectivity index (χ2n) is 4.05. The zero-order valence-corrected chi connectivity index (χ0v) is 11.4. The van der Waals surface area contributed by atoms with Crippen LogP contribution in [0.4, 0.5) is 0 Å². The van der Waals surface area contributed by atoms with Gasteiger partial charge in [0.15, 0.2) is 0 Å². The lowest BCUT2D eigenvalue weighted by molar-refractivity contribution is -0.219. The average Bonchev–Trinajstić information content (AvgIpc) is 2.53. The summed E-state index contributed by atoms with van der Waals surface area (Å²) in [5.41, 5.74) is 0. The summed E-state index contributed by atoms with van der Waals surface area (Å²) in [5, 5.41) is -0.932. The maximum absolute atomic E-state index is 6.50. The maximum atomic E-state index is 6.50. The number of fused-ring (bicyclic) bond motifs is 2. The van der Waals surface area contributed by atoms with Gasteiger partial charge in [-0.15, -0.1) is 46.4 Å². The minimum absolute atomic E-state index is 0.466. The van der Waals surface area contributed by atoms with Crippen molar-refractivity contribution in [3.05, 3.63) is 0 Å². The molecule has 2 aliphatic rings. The van der Waals surface area contributed by atoms with Gasteiger partial charge in [0, 0.05) is 14.2 Å². The summed E-state index contributed by atoms with van der Waals surface area (Å²) < 4.78 is 10.9. The van der Waals surface area contributed by atoms with Crippen molar-refractivity contribution in [3.8, 4) is 0 Å². The van der Waals surface area contributed by atoms with Crippen LogP contribution in [0.25, 0.3) is 0 Å². The van der Waals surface area contributed by atoms with E-state index in [1.165, 1.54) is 14.2 Å². The summed E-state index contributed by atoms with van der Waals surface area (Å²) in [7, 11) is 3.03. The summed E-state index contributed by atoms with van der Waals surface area (Å²) in [5.74, 6) is -1.11. The predicted octanol–water partition coefficient (Wildman–Crippen LogP) is 2.95. The van der Waals surface area contributed by atoms with E-state index in [9.17, 15) is 0 Å². The number of ether oxygens (including phenoxy) is 2. The SMILES string of the molecule is COC1(OC)[C@@]2(Cl)CC[C@]1(Cl)[C@@H](Cl)[C@H]2Cl. The van der Waals surface area contributed by atoms with E-state index in [1.807, 2.05) is 0 Å². The molecule has 0 heterocycles. The van der Waals surface area contributed by atoms with Gasteiger partial charge in [-0.25, -0.2) is 0 Å². The Bertz CT molecular complexity index is 259. The van der Waals surface area contributed by atoms with Crippen LogP contribution in [0, 0.1) is 0 Å². The monoisotopic (exact) mass is 292 g/mol. The third-order valence-electron chi connectivity index (χ3n) is 3.65. The molecule has 0 amide bonds. The van der Waals surface area contributed by atoms with Crippen molar-refractivity contribution in [2.24, 2.45) is 0 Å². The molecule has 2 saturated carbocycles. The fourth-order valence-electron chi connectivity index (χ4n) is 2.90. The molecule has 0 spiro atoms. The molecule has 2 nitrogen and oxygen atoms in total. The van der Waals surface area contributed by atoms with E-state index < -0.39 is 26.3 Å². The van der Waals surface area contributed by atoms with Crippen LogP contribution in [0.15, 0.2) is 0 Å². The van der Waals surface area contributed by atoms with Crippen molar-refractivity contribution in [2.75, 3.05) is 14.2 Å². The third-order valence-corrected chi connectivity index (χ3v) is 6.60. The Kier molecular flexibility index (Phi) is 2.95. The topological polar surface area (TPSA) is 18.5 Å². The molecule has 88 valence electrons. The highest BCUT2D eigenvalue weighted by atomic mass is 35.5. The normalized spacial score (nSPS) is 52.4. The van der Waals surface area contributed by atoms with Gasteiger partial charge in [-0.1, -0.05) is 0 Å². The van der Waals surface area contributed by atoms with E-state index in [4.69, 9.17) is 55.9 Å². The molecular weight excluding hydrogens is 282 g/mol. The summed E-state index contributed by atoms with van der Waals surface area (Å²) in [6.07, 6.45) is 1.27. The first-order chi connectivity index (χ1) is 6.89. The van der Waals surface area contributed by atoms with E-state index >= 15 is 0 Å². The lowest BCUT2D eigenvalue weighted by Crippen LogP contribution is -2.56. The molecule has 2 rings (SSSR count). The Balaban J connectivity index is 2.56. The minimum atomic E-state index is -1.11. The molecule has 0 aromatic carbocycles. The quantitative estimate of drug-likeness (QED) is 0.576. The Morgan fingerprint density at radius 1 is 0.933 bits per heavy atom. The Labute approximate surface area is 109 Å². The fraction of sp³-hybridized carbons (Fsp3) is 1.00. The number of methoxy groups -OCH3 is 2. The summed E-state index contributed by atoms with van der Waals surface area (Å²) >= 11 is 25.5. The molecule has 2 bridgehead atoms. The van der Waals surface area contributed by atoms with Crippen LogP contribution in [0.1, 0.15) is 12.8 Å². The zero-order valence-electron chi connectivity index (χ0n) is 8.40. The molecule has 15 heavy (non-hydrogen) atoms. The molecule has 4 atom stereocenters. The first-order valence-electron chi connectivity index (χ1n) is 4.66. The van der Waals surface area contributed by atoms with Crippen LogP contribution in [-0.4, -0.2) is 40.5 Å². The highest BCUT2D eigenvalue weighted by molar-refractivity contribution is 6.44. The molecule has 0 unspecified atom stereocenters. The molecule has 0 aromatic rings. The molecule has 0 aromatic heterocycles. The standard InChI is InChI=1S/C9H12Cl4O2/c1-14-9(15-2)7(12)3-4-8(9,13)6(11)5(7)10/h5-6H,3-4H2,1-2H3/t5-,6+,7-,8+. The Morgan fingerprint density at radius 3 is 1.47 bits per heavy atom. The number of halogens is 4. The predicted molar refractivity (Wildman–Crippen MR) is 62.4 cm³/mol. The van der Waals surface area contributed by atoms with Crippen LogP contribution < -0.4 is 0 Å². The van der Waals surface area contributed by atoms with Gasteiger partial charge in [0.1, 0.15) is 9.75 Å². The van der Waals surface area contributed by atoms with Crippen LogP contribution in [0.5, 0.6) is 0 Å². The highest BCUT2D eigenvalue weighted by Gasteiger charge is 2.81. The van der Waals surface area contributed by atoms with Gasteiger partial charge >= 0.3 is 0 Å². The number of alkyl halides is 4. The van der Waals surface area contributed by atoms with E-state index in [1.54, 1.807) is 0 Å². The lowest BCUT2D eigenvalue weighted by Gasteiger charge is -2.39. The molecule has 2 aliphatic carbocycles. The number of rotatable bonds is 2. The highest BCUT2D eigenvalue weighted by Crippen LogP contribution is 2.68. The van der Waals surface area contributed by atoms with Gasteiger partial charge in [0.25, 0.3) is 0 Å². The molecule has 2 fully saturated rings. The maximum Gasteiger partial charge on any atom is 0.209 e. The molecular formula is C9H12Cl4O2. The molecule has 0 radical (unpaired) electrons. The van der Waals surface area contributed by atoms with Crippen LogP contribution >= 0.6 is 46.4 Å². The fourth-order valence-corrected chi connectivity index (χ4v) is 5.10. The van der Waals surface area contributed by atoms with Crippen molar-refractivity contribution in [1.82, 2.24) is 0 Å². The summed E-state index contributed by atoms with van der Waals surface area (Å²) in [6.45, 7) is 0. The number of hydrogen-bond donors (Lipinski definition) is 0. The van der Waals surface area contributed by atoms with Crippen molar-refractivity contribution in [3.63, 3.8) is 0 Å². The summed E-state index contributed by atoms with van der Waals surface area (Å²) in [4.78, 5) is -1.71. The van der Waals surface area contributed by atoms with Crippen LogP contribution in [0.3, 0.4) is 0 Å². The van der Waals surface area contributed by atoms with Gasteiger partial charge in [-0.05, 0) is 12.8 Å². The molecule has 0 N–H and O–H groups in total. The van der Waals surface area contributed by atoms with Crippen molar-refractivity contribution >= 4 is 46.4 Å². The van der Waals surface area contributed by atoms with Gasteiger partial charge in [0.2, 0.25) is 5.79 Å². The van der Waals surface area contributed by atoms with E-state index in [-0.39, 0.29) is 0 Å². The Morgan fingerprint density at radius 2 is 1.27 bits per heavy atom. The van der Waals surface area contributed by atoms with Crippen LogP contribution in [-0.2, 0) is 9.47 Å². The Hall–Kier alpha value is 1.08. The van der Waals surface area contributed by atoms with E-state index in [0.29, 0.717) is 12.8 Å². The van der Waals surface area contributed by atoms with Crippen molar-refractivity contribution in [2.45, 2.75) is 39.1 Å². The summed E-state index contributed by atoms with van der Waals surface area (Å²) in [6, 6.07) is 0. The van der Waals surface area contributed by atoms with Crippen molar-refractivity contribution in [1.29, 1.82) is 0 Å². The largest absolute Gasteiger partial charge is 0.350 e. The van der Waals surface area contributed by atoms with E-state index in [2.05, 4.69) is 0 Å². The van der Waals surface area contributed by atoms with Gasteiger partial charge in [-0.3, -0.25) is 0 Å². The molecule has 0 aliphatic heterocycles. The van der Waals surface area contributed by atoms with Gasteiger partial charge in [-0.2, -0.15) is 0 Å². The number of hydrogen-bond acceptors (Lipinski definition) is 2. The smallest absolute Gasteiger partial charge is 0.209 e. The molecule has 6 heteroatoms. The van der Waals surface area contributed by atoms with Crippen LogP contribution in [0.2, 0.25) is 0 Å². The van der Waals surface area contributed by atoms with Crippen molar-refractivity contribution < 1.29 is 9.47 Å². The minimum Gasteiger partial charge on any atom is -0.350 e. The zero-order chi connectivity index (χ0) is 11.5.